The molecule has 19 heavy (non-hydrogen) atoms. The summed E-state index contributed by atoms with van der Waals surface area (Å²) in [5, 5.41) is 6.98. The Morgan fingerprint density at radius 1 is 1.16 bits per heavy atom. The number of thiol groups is 1. The summed E-state index contributed by atoms with van der Waals surface area (Å²) in [6.45, 7) is 5.24. The second-order valence-corrected chi connectivity index (χ2v) is 6.45. The zero-order chi connectivity index (χ0) is 13.7. The highest BCUT2D eigenvalue weighted by atomic mass is 32.2. The third-order valence-corrected chi connectivity index (χ3v) is 4.38. The molecule has 0 aromatic heterocycles. The van der Waals surface area contributed by atoms with Crippen LogP contribution >= 0.6 is 0 Å². The molecular weight excluding hydrogens is 260 g/mol. The molecule has 2 N–H and O–H groups in total. The molecule has 5 heteroatoms. The Bertz CT molecular complexity index is 469. The third kappa shape index (κ3) is 4.60. The minimum atomic E-state index is -2.34. The zero-order valence-corrected chi connectivity index (χ0v) is 12.2. The zero-order valence-electron chi connectivity index (χ0n) is 11.3. The van der Waals surface area contributed by atoms with E-state index < -0.39 is 10.7 Å². The van der Waals surface area contributed by atoms with Crippen molar-refractivity contribution in [1.82, 2.24) is 10.6 Å². The molecule has 4 nitrogen and oxygen atoms in total. The SMILES string of the molecule is CC1(NCc2ccc(C[SH](=O)=O)cc2)CCNCC1. The highest BCUT2D eigenvalue weighted by Gasteiger charge is 2.25. The summed E-state index contributed by atoms with van der Waals surface area (Å²) >= 11 is 0. The first-order valence-electron chi connectivity index (χ1n) is 6.73. The molecule has 1 aromatic rings. The Kier molecular flexibility index (Phi) is 4.96. The topological polar surface area (TPSA) is 58.2 Å². The Balaban J connectivity index is 1.89. The van der Waals surface area contributed by atoms with Crippen molar-refractivity contribution in [3.05, 3.63) is 35.4 Å². The van der Waals surface area contributed by atoms with Crippen LogP contribution in [-0.2, 0) is 23.0 Å². The van der Waals surface area contributed by atoms with Crippen LogP contribution in [0.15, 0.2) is 24.3 Å². The van der Waals surface area contributed by atoms with Gasteiger partial charge in [-0.25, -0.2) is 8.42 Å². The molecule has 0 amide bonds. The summed E-state index contributed by atoms with van der Waals surface area (Å²) in [7, 11) is -2.34. The number of hydrogen-bond acceptors (Lipinski definition) is 4. The summed E-state index contributed by atoms with van der Waals surface area (Å²) in [4.78, 5) is 0. The minimum Gasteiger partial charge on any atom is -0.317 e. The predicted octanol–water partition coefficient (Wildman–Crippen LogP) is 1.03. The molecule has 0 spiro atoms. The van der Waals surface area contributed by atoms with Crippen LogP contribution in [0, 0.1) is 0 Å². The lowest BCUT2D eigenvalue weighted by Gasteiger charge is -2.35. The molecular formula is C14H22N2O2S. The van der Waals surface area contributed by atoms with E-state index in [0.29, 0.717) is 0 Å². The van der Waals surface area contributed by atoms with Crippen molar-refractivity contribution in [2.45, 2.75) is 37.6 Å². The standard InChI is InChI=1S/C14H22N2O2S/c1-14(6-8-15-9-7-14)16-10-12-2-4-13(5-3-12)11-19(17)18/h2-5,15-16,19H,6-11H2,1H3. The molecule has 1 aliphatic heterocycles. The van der Waals surface area contributed by atoms with Gasteiger partial charge in [0.05, 0.1) is 5.75 Å². The minimum absolute atomic E-state index is 0.131. The lowest BCUT2D eigenvalue weighted by Crippen LogP contribution is -2.49. The molecule has 1 fully saturated rings. The quantitative estimate of drug-likeness (QED) is 0.706. The van der Waals surface area contributed by atoms with Gasteiger partial charge in [0, 0.05) is 12.1 Å². The Morgan fingerprint density at radius 3 is 2.32 bits per heavy atom. The fraction of sp³-hybridized carbons (Fsp3) is 0.571. The van der Waals surface area contributed by atoms with Crippen molar-refractivity contribution in [3.63, 3.8) is 0 Å². The molecule has 1 aliphatic rings. The van der Waals surface area contributed by atoms with Gasteiger partial charge in [-0.1, -0.05) is 24.3 Å². The second-order valence-electron chi connectivity index (χ2n) is 5.47. The van der Waals surface area contributed by atoms with Gasteiger partial charge in [-0.2, -0.15) is 0 Å². The van der Waals surface area contributed by atoms with Crippen LogP contribution < -0.4 is 10.6 Å². The van der Waals surface area contributed by atoms with E-state index in [1.165, 1.54) is 5.56 Å². The van der Waals surface area contributed by atoms with E-state index in [1.807, 2.05) is 24.3 Å². The monoisotopic (exact) mass is 282 g/mol. The normalized spacial score (nSPS) is 18.6. The van der Waals surface area contributed by atoms with Crippen molar-refractivity contribution in [2.75, 3.05) is 13.1 Å². The molecule has 2 rings (SSSR count). The van der Waals surface area contributed by atoms with E-state index >= 15 is 0 Å². The summed E-state index contributed by atoms with van der Waals surface area (Å²) in [5.41, 5.74) is 2.26. The highest BCUT2D eigenvalue weighted by molar-refractivity contribution is 7.71. The fourth-order valence-electron chi connectivity index (χ4n) is 2.38. The molecule has 106 valence electrons. The number of hydrogen-bond donors (Lipinski definition) is 3. The van der Waals surface area contributed by atoms with Crippen LogP contribution in [0.1, 0.15) is 30.9 Å². The smallest absolute Gasteiger partial charge is 0.144 e. The van der Waals surface area contributed by atoms with Crippen molar-refractivity contribution >= 4 is 10.7 Å². The lowest BCUT2D eigenvalue weighted by molar-refractivity contribution is 0.265. The molecule has 0 aliphatic carbocycles. The van der Waals surface area contributed by atoms with Crippen LogP contribution in [0.25, 0.3) is 0 Å². The van der Waals surface area contributed by atoms with E-state index in [-0.39, 0.29) is 11.3 Å². The van der Waals surface area contributed by atoms with Gasteiger partial charge in [0.25, 0.3) is 0 Å². The van der Waals surface area contributed by atoms with Crippen molar-refractivity contribution in [1.29, 1.82) is 0 Å². The number of piperidine rings is 1. The largest absolute Gasteiger partial charge is 0.317 e. The van der Waals surface area contributed by atoms with Gasteiger partial charge in [0.15, 0.2) is 0 Å². The van der Waals surface area contributed by atoms with E-state index in [2.05, 4.69) is 17.6 Å². The van der Waals surface area contributed by atoms with E-state index in [1.54, 1.807) is 0 Å². The fourth-order valence-corrected chi connectivity index (χ4v) is 2.89. The van der Waals surface area contributed by atoms with Crippen molar-refractivity contribution < 1.29 is 8.42 Å². The van der Waals surface area contributed by atoms with E-state index in [9.17, 15) is 8.42 Å². The molecule has 0 bridgehead atoms. The second kappa shape index (κ2) is 6.50. The van der Waals surface area contributed by atoms with Gasteiger partial charge >= 0.3 is 0 Å². The van der Waals surface area contributed by atoms with Crippen LogP contribution in [0.2, 0.25) is 0 Å². The Morgan fingerprint density at radius 2 is 1.74 bits per heavy atom. The molecule has 1 aromatic carbocycles. The number of rotatable bonds is 5. The molecule has 0 radical (unpaired) electrons. The van der Waals surface area contributed by atoms with Gasteiger partial charge in [-0.3, -0.25) is 0 Å². The van der Waals surface area contributed by atoms with Gasteiger partial charge in [0.2, 0.25) is 0 Å². The maximum Gasteiger partial charge on any atom is 0.144 e. The summed E-state index contributed by atoms with van der Waals surface area (Å²) < 4.78 is 21.3. The van der Waals surface area contributed by atoms with Crippen molar-refractivity contribution in [2.24, 2.45) is 0 Å². The number of nitrogens with one attached hydrogen (secondary N) is 2. The van der Waals surface area contributed by atoms with Gasteiger partial charge in [-0.15, -0.1) is 0 Å². The van der Waals surface area contributed by atoms with E-state index in [0.717, 1.165) is 38.0 Å². The average Bonchev–Trinajstić information content (AvgIpc) is 2.38. The first-order valence-corrected chi connectivity index (χ1v) is 8.09. The van der Waals surface area contributed by atoms with Crippen LogP contribution in [0.3, 0.4) is 0 Å². The third-order valence-electron chi connectivity index (χ3n) is 3.76. The van der Waals surface area contributed by atoms with Gasteiger partial charge in [0.1, 0.15) is 10.7 Å². The molecule has 1 heterocycles. The molecule has 0 unspecified atom stereocenters. The van der Waals surface area contributed by atoms with Crippen LogP contribution in [-0.4, -0.2) is 27.0 Å². The summed E-state index contributed by atoms with van der Waals surface area (Å²) in [5.74, 6) is 0.131. The van der Waals surface area contributed by atoms with Gasteiger partial charge in [-0.05, 0) is 44.0 Å². The first-order chi connectivity index (χ1) is 9.07. The highest BCUT2D eigenvalue weighted by Crippen LogP contribution is 2.18. The Labute approximate surface area is 116 Å². The Hall–Kier alpha value is -0.910. The van der Waals surface area contributed by atoms with Crippen LogP contribution in [0.5, 0.6) is 0 Å². The number of benzene rings is 1. The van der Waals surface area contributed by atoms with Crippen molar-refractivity contribution in [3.8, 4) is 0 Å². The predicted molar refractivity (Wildman–Crippen MR) is 77.8 cm³/mol. The summed E-state index contributed by atoms with van der Waals surface area (Å²) in [6, 6.07) is 7.80. The van der Waals surface area contributed by atoms with Crippen LogP contribution in [0.4, 0.5) is 0 Å². The molecule has 1 saturated heterocycles. The van der Waals surface area contributed by atoms with Gasteiger partial charge < -0.3 is 10.6 Å². The first kappa shape index (κ1) is 14.5. The summed E-state index contributed by atoms with van der Waals surface area (Å²) in [6.07, 6.45) is 2.28. The maximum absolute atomic E-state index is 10.6. The molecule has 0 atom stereocenters. The van der Waals surface area contributed by atoms with E-state index in [4.69, 9.17) is 0 Å². The maximum atomic E-state index is 10.6. The lowest BCUT2D eigenvalue weighted by atomic mass is 9.90. The average molecular weight is 282 g/mol. The molecule has 0 saturated carbocycles.